The van der Waals surface area contributed by atoms with E-state index >= 15 is 0 Å². The molecule has 2 aliphatic heterocycles. The van der Waals surface area contributed by atoms with Crippen molar-refractivity contribution in [1.29, 1.82) is 0 Å². The first kappa shape index (κ1) is 20.4. The van der Waals surface area contributed by atoms with Gasteiger partial charge in [-0.1, -0.05) is 29.8 Å². The first-order valence-corrected chi connectivity index (χ1v) is 10.5. The first-order valence-electron chi connectivity index (χ1n) is 10.1. The highest BCUT2D eigenvalue weighted by Crippen LogP contribution is 2.34. The Labute approximate surface area is 181 Å². The summed E-state index contributed by atoms with van der Waals surface area (Å²) in [6.45, 7) is 5.14. The second kappa shape index (κ2) is 7.76. The summed E-state index contributed by atoms with van der Waals surface area (Å²) >= 11 is 6.50. The summed E-state index contributed by atoms with van der Waals surface area (Å²) in [6.07, 6.45) is 2.06. The number of likely N-dealkylation sites (N-methyl/N-ethyl adjacent to an activating group) is 1. The number of carbonyl (C=O) groups is 2. The molecule has 0 aliphatic carbocycles. The number of urea groups is 1. The van der Waals surface area contributed by atoms with Gasteiger partial charge in [-0.2, -0.15) is 0 Å². The van der Waals surface area contributed by atoms with Gasteiger partial charge in [0.25, 0.3) is 5.91 Å². The highest BCUT2D eigenvalue weighted by molar-refractivity contribution is 6.36. The number of fused-ring (bicyclic) bond motifs is 1. The lowest BCUT2D eigenvalue weighted by molar-refractivity contribution is -0.122. The molecule has 0 atom stereocenters. The molecule has 2 aromatic rings. The molecule has 156 valence electrons. The van der Waals surface area contributed by atoms with E-state index in [1.165, 1.54) is 0 Å². The fourth-order valence-corrected chi connectivity index (χ4v) is 4.21. The van der Waals surface area contributed by atoms with E-state index < -0.39 is 5.54 Å². The van der Waals surface area contributed by atoms with Crippen LogP contribution in [0.25, 0.3) is 0 Å². The maximum atomic E-state index is 13.0. The van der Waals surface area contributed by atoms with Crippen LogP contribution in [-0.2, 0) is 4.79 Å². The number of anilines is 2. The Morgan fingerprint density at radius 2 is 1.80 bits per heavy atom. The normalized spacial score (nSPS) is 18.0. The van der Waals surface area contributed by atoms with Crippen molar-refractivity contribution in [2.75, 3.05) is 30.4 Å². The number of carbonyl (C=O) groups excluding carboxylic acids is 2. The number of likely N-dealkylation sites (tertiary alicyclic amines) is 1. The lowest BCUT2D eigenvalue weighted by Gasteiger charge is -2.24. The fourth-order valence-electron chi connectivity index (χ4n) is 3.98. The van der Waals surface area contributed by atoms with Gasteiger partial charge in [-0.05, 0) is 51.0 Å². The van der Waals surface area contributed by atoms with Crippen LogP contribution in [0.4, 0.5) is 16.2 Å². The number of amides is 3. The van der Waals surface area contributed by atoms with E-state index in [4.69, 9.17) is 16.6 Å². The molecule has 0 bridgehead atoms. The van der Waals surface area contributed by atoms with E-state index in [0.29, 0.717) is 16.4 Å². The van der Waals surface area contributed by atoms with Crippen molar-refractivity contribution in [2.24, 2.45) is 4.99 Å². The van der Waals surface area contributed by atoms with Crippen molar-refractivity contribution in [3.05, 3.63) is 58.6 Å². The number of hydrogen-bond donors (Lipinski definition) is 1. The minimum absolute atomic E-state index is 0.109. The zero-order valence-electron chi connectivity index (χ0n) is 17.4. The van der Waals surface area contributed by atoms with Crippen LogP contribution in [0, 0.1) is 0 Å². The molecule has 0 unspecified atom stereocenters. The van der Waals surface area contributed by atoms with Crippen molar-refractivity contribution < 1.29 is 9.59 Å². The lowest BCUT2D eigenvalue weighted by Crippen LogP contribution is -2.41. The monoisotopic (exact) mass is 424 g/mol. The average Bonchev–Trinajstić information content (AvgIpc) is 3.24. The molecule has 2 aliphatic rings. The Hall–Kier alpha value is -2.86. The van der Waals surface area contributed by atoms with E-state index in [2.05, 4.69) is 5.32 Å². The minimum atomic E-state index is -0.957. The third-order valence-corrected chi connectivity index (χ3v) is 5.94. The summed E-state index contributed by atoms with van der Waals surface area (Å²) in [5, 5.41) is 3.54. The summed E-state index contributed by atoms with van der Waals surface area (Å²) in [6, 6.07) is 12.9. The molecule has 4 rings (SSSR count). The molecule has 3 amide bonds. The number of benzene rings is 2. The van der Waals surface area contributed by atoms with Crippen molar-refractivity contribution in [3.63, 3.8) is 0 Å². The number of hydrogen-bond acceptors (Lipinski definition) is 3. The molecular weight excluding hydrogens is 400 g/mol. The standard InChI is InChI=1S/C23H25ClN4O2/c1-23(2)21(29)27(3)19-11-10-15(25-22(30)28-12-6-7-13-28)14-17(19)20(26-23)16-8-4-5-9-18(16)24/h4-5,8-11,14H,6-7,12-13H2,1-3H3,(H,25,30). The maximum absolute atomic E-state index is 13.0. The summed E-state index contributed by atoms with van der Waals surface area (Å²) < 4.78 is 0. The smallest absolute Gasteiger partial charge is 0.321 e. The quantitative estimate of drug-likeness (QED) is 0.767. The van der Waals surface area contributed by atoms with E-state index in [1.54, 1.807) is 25.8 Å². The van der Waals surface area contributed by atoms with E-state index in [1.807, 2.05) is 47.4 Å². The molecule has 0 saturated carbocycles. The van der Waals surface area contributed by atoms with Crippen LogP contribution >= 0.6 is 11.6 Å². The van der Waals surface area contributed by atoms with Gasteiger partial charge in [0.15, 0.2) is 0 Å². The average molecular weight is 425 g/mol. The summed E-state index contributed by atoms with van der Waals surface area (Å²) in [5.41, 5.74) is 2.56. The van der Waals surface area contributed by atoms with Gasteiger partial charge in [-0.25, -0.2) is 4.79 Å². The Bertz CT molecular complexity index is 1040. The summed E-state index contributed by atoms with van der Waals surface area (Å²) in [7, 11) is 1.75. The van der Waals surface area contributed by atoms with Gasteiger partial charge in [-0.3, -0.25) is 9.79 Å². The number of halogens is 1. The Kier molecular flexibility index (Phi) is 5.28. The molecule has 7 heteroatoms. The zero-order chi connectivity index (χ0) is 21.5. The third-order valence-electron chi connectivity index (χ3n) is 5.61. The molecule has 2 aromatic carbocycles. The van der Waals surface area contributed by atoms with Gasteiger partial charge in [0.05, 0.1) is 11.4 Å². The molecule has 0 aromatic heterocycles. The van der Waals surface area contributed by atoms with Crippen molar-refractivity contribution in [1.82, 2.24) is 4.90 Å². The molecule has 1 fully saturated rings. The summed E-state index contributed by atoms with van der Waals surface area (Å²) in [4.78, 5) is 33.9. The predicted octanol–water partition coefficient (Wildman–Crippen LogP) is 4.56. The number of nitrogens with one attached hydrogen (secondary N) is 1. The zero-order valence-corrected chi connectivity index (χ0v) is 18.2. The molecule has 0 radical (unpaired) electrons. The van der Waals surface area contributed by atoms with Crippen molar-refractivity contribution >= 4 is 40.6 Å². The first-order chi connectivity index (χ1) is 14.3. The van der Waals surface area contributed by atoms with Crippen LogP contribution < -0.4 is 10.2 Å². The highest BCUT2D eigenvalue weighted by Gasteiger charge is 2.36. The number of nitrogens with zero attached hydrogens (tertiary/aromatic N) is 3. The lowest BCUT2D eigenvalue weighted by atomic mass is 9.99. The van der Waals surface area contributed by atoms with Crippen LogP contribution in [0.2, 0.25) is 5.02 Å². The van der Waals surface area contributed by atoms with Crippen LogP contribution in [0.3, 0.4) is 0 Å². The van der Waals surface area contributed by atoms with Crippen LogP contribution in [0.1, 0.15) is 37.8 Å². The second-order valence-electron chi connectivity index (χ2n) is 8.22. The topological polar surface area (TPSA) is 65.0 Å². The van der Waals surface area contributed by atoms with Gasteiger partial charge < -0.3 is 15.1 Å². The van der Waals surface area contributed by atoms with Crippen molar-refractivity contribution in [2.45, 2.75) is 32.2 Å². The Morgan fingerprint density at radius 1 is 1.10 bits per heavy atom. The van der Waals surface area contributed by atoms with Gasteiger partial charge in [0, 0.05) is 42.0 Å². The molecular formula is C23H25ClN4O2. The van der Waals surface area contributed by atoms with Crippen LogP contribution in [0.15, 0.2) is 47.5 Å². The van der Waals surface area contributed by atoms with Crippen LogP contribution in [0.5, 0.6) is 0 Å². The predicted molar refractivity (Wildman–Crippen MR) is 121 cm³/mol. The van der Waals surface area contributed by atoms with E-state index in [-0.39, 0.29) is 11.9 Å². The number of benzodiazepines with no additional fused rings is 1. The molecule has 30 heavy (non-hydrogen) atoms. The molecule has 0 spiro atoms. The van der Waals surface area contributed by atoms with Gasteiger partial charge in [0.1, 0.15) is 5.54 Å². The molecule has 2 heterocycles. The molecule has 1 saturated heterocycles. The number of aliphatic imine (C=N–C) groups is 1. The molecule has 1 N–H and O–H groups in total. The fraction of sp³-hybridized carbons (Fsp3) is 0.348. The van der Waals surface area contributed by atoms with Crippen molar-refractivity contribution in [3.8, 4) is 0 Å². The van der Waals surface area contributed by atoms with E-state index in [9.17, 15) is 9.59 Å². The molecule has 6 nitrogen and oxygen atoms in total. The third kappa shape index (κ3) is 3.67. The van der Waals surface area contributed by atoms with E-state index in [0.717, 1.165) is 42.7 Å². The summed E-state index contributed by atoms with van der Waals surface area (Å²) in [5.74, 6) is -0.111. The minimum Gasteiger partial charge on any atom is -0.325 e. The van der Waals surface area contributed by atoms with Gasteiger partial charge in [-0.15, -0.1) is 0 Å². The second-order valence-corrected chi connectivity index (χ2v) is 8.63. The van der Waals surface area contributed by atoms with Gasteiger partial charge >= 0.3 is 6.03 Å². The SMILES string of the molecule is CN1C(=O)C(C)(C)N=C(c2ccccc2Cl)c2cc(NC(=O)N3CCCC3)ccc21. The Balaban J connectivity index is 1.82. The number of rotatable bonds is 2. The van der Waals surface area contributed by atoms with Gasteiger partial charge in [0.2, 0.25) is 0 Å². The highest BCUT2D eigenvalue weighted by atomic mass is 35.5. The van der Waals surface area contributed by atoms with Crippen LogP contribution in [-0.4, -0.2) is 48.2 Å². The Morgan fingerprint density at radius 3 is 2.50 bits per heavy atom. The maximum Gasteiger partial charge on any atom is 0.321 e. The largest absolute Gasteiger partial charge is 0.325 e.